The SMILES string of the molecule is CC(C)c1ccc(-c2csc3[nH]c(=S)[nH]c(=O)c23)cc1. The van der Waals surface area contributed by atoms with Crippen LogP contribution in [0.1, 0.15) is 25.3 Å². The summed E-state index contributed by atoms with van der Waals surface area (Å²) >= 11 is 6.50. The van der Waals surface area contributed by atoms with E-state index in [0.717, 1.165) is 16.0 Å². The third kappa shape index (κ3) is 2.23. The molecule has 20 heavy (non-hydrogen) atoms. The molecule has 1 aromatic carbocycles. The average molecular weight is 302 g/mol. The van der Waals surface area contributed by atoms with E-state index in [0.29, 0.717) is 16.1 Å². The molecule has 0 bridgehead atoms. The minimum atomic E-state index is -0.132. The first kappa shape index (κ1) is 13.3. The lowest BCUT2D eigenvalue weighted by molar-refractivity contribution is 0.867. The summed E-state index contributed by atoms with van der Waals surface area (Å²) < 4.78 is 0.367. The molecular formula is C15H14N2OS2. The molecule has 0 aliphatic heterocycles. The fourth-order valence-electron chi connectivity index (χ4n) is 2.24. The number of nitrogens with one attached hydrogen (secondary N) is 2. The van der Waals surface area contributed by atoms with Crippen LogP contribution in [-0.2, 0) is 0 Å². The number of H-pyrrole nitrogens is 2. The van der Waals surface area contributed by atoms with Crippen molar-refractivity contribution in [1.82, 2.24) is 9.97 Å². The van der Waals surface area contributed by atoms with E-state index >= 15 is 0 Å². The van der Waals surface area contributed by atoms with Crippen molar-refractivity contribution >= 4 is 33.8 Å². The van der Waals surface area contributed by atoms with Gasteiger partial charge in [0.15, 0.2) is 4.77 Å². The van der Waals surface area contributed by atoms with Crippen LogP contribution >= 0.6 is 23.6 Å². The van der Waals surface area contributed by atoms with Crippen LogP contribution in [-0.4, -0.2) is 9.97 Å². The summed E-state index contributed by atoms with van der Waals surface area (Å²) in [4.78, 5) is 18.6. The molecule has 0 aliphatic rings. The van der Waals surface area contributed by atoms with E-state index in [-0.39, 0.29) is 5.56 Å². The average Bonchev–Trinajstić information content (AvgIpc) is 2.82. The summed E-state index contributed by atoms with van der Waals surface area (Å²) in [7, 11) is 0. The Morgan fingerprint density at radius 2 is 1.85 bits per heavy atom. The van der Waals surface area contributed by atoms with Crippen molar-refractivity contribution in [3.63, 3.8) is 0 Å². The predicted molar refractivity (Wildman–Crippen MR) is 87.2 cm³/mol. The normalized spacial score (nSPS) is 11.3. The number of aromatic amines is 2. The van der Waals surface area contributed by atoms with Gasteiger partial charge in [-0.15, -0.1) is 11.3 Å². The third-order valence-corrected chi connectivity index (χ3v) is 4.46. The Morgan fingerprint density at radius 1 is 1.15 bits per heavy atom. The monoisotopic (exact) mass is 302 g/mol. The highest BCUT2D eigenvalue weighted by Gasteiger charge is 2.11. The Bertz CT molecular complexity index is 869. The smallest absolute Gasteiger partial charge is 0.261 e. The van der Waals surface area contributed by atoms with E-state index in [1.807, 2.05) is 5.38 Å². The van der Waals surface area contributed by atoms with Crippen molar-refractivity contribution in [3.05, 3.63) is 50.3 Å². The van der Waals surface area contributed by atoms with Crippen molar-refractivity contribution in [1.29, 1.82) is 0 Å². The Balaban J connectivity index is 2.20. The molecule has 3 rings (SSSR count). The summed E-state index contributed by atoms with van der Waals surface area (Å²) in [5.41, 5.74) is 3.17. The summed E-state index contributed by atoms with van der Waals surface area (Å²) in [5, 5.41) is 2.68. The molecule has 2 aromatic heterocycles. The maximum Gasteiger partial charge on any atom is 0.261 e. The first-order valence-electron chi connectivity index (χ1n) is 6.40. The van der Waals surface area contributed by atoms with Gasteiger partial charge in [0, 0.05) is 10.9 Å². The van der Waals surface area contributed by atoms with Gasteiger partial charge < -0.3 is 4.98 Å². The van der Waals surface area contributed by atoms with Crippen LogP contribution < -0.4 is 5.56 Å². The lowest BCUT2D eigenvalue weighted by Crippen LogP contribution is -2.06. The van der Waals surface area contributed by atoms with Gasteiger partial charge >= 0.3 is 0 Å². The number of aromatic nitrogens is 2. The second-order valence-electron chi connectivity index (χ2n) is 5.04. The molecule has 5 heteroatoms. The number of hydrogen-bond donors (Lipinski definition) is 2. The number of fused-ring (bicyclic) bond motifs is 1. The third-order valence-electron chi connectivity index (χ3n) is 3.36. The Kier molecular flexibility index (Phi) is 3.31. The van der Waals surface area contributed by atoms with Gasteiger partial charge in [-0.3, -0.25) is 9.78 Å². The molecule has 3 nitrogen and oxygen atoms in total. The Hall–Kier alpha value is -1.72. The fraction of sp³-hybridized carbons (Fsp3) is 0.200. The van der Waals surface area contributed by atoms with E-state index < -0.39 is 0 Å². The van der Waals surface area contributed by atoms with Crippen molar-refractivity contribution in [2.75, 3.05) is 0 Å². The largest absolute Gasteiger partial charge is 0.323 e. The quantitative estimate of drug-likeness (QED) is 0.688. The van der Waals surface area contributed by atoms with Gasteiger partial charge in [0.05, 0.1) is 5.39 Å². The number of benzene rings is 1. The molecule has 0 amide bonds. The van der Waals surface area contributed by atoms with Gasteiger partial charge in [0.1, 0.15) is 4.83 Å². The number of thiophene rings is 1. The van der Waals surface area contributed by atoms with Crippen molar-refractivity contribution in [2.24, 2.45) is 0 Å². The van der Waals surface area contributed by atoms with E-state index in [4.69, 9.17) is 12.2 Å². The van der Waals surface area contributed by atoms with E-state index in [2.05, 4.69) is 48.1 Å². The highest BCUT2D eigenvalue weighted by atomic mass is 32.1. The molecule has 2 heterocycles. The lowest BCUT2D eigenvalue weighted by Gasteiger charge is -2.06. The van der Waals surface area contributed by atoms with Gasteiger partial charge in [0.25, 0.3) is 5.56 Å². The van der Waals surface area contributed by atoms with Crippen LogP contribution in [0.5, 0.6) is 0 Å². The van der Waals surface area contributed by atoms with Crippen molar-refractivity contribution < 1.29 is 0 Å². The molecule has 0 saturated heterocycles. The van der Waals surface area contributed by atoms with Crippen LogP contribution in [0.2, 0.25) is 0 Å². The Labute approximate surface area is 125 Å². The molecule has 0 radical (unpaired) electrons. The minimum absolute atomic E-state index is 0.132. The standard InChI is InChI=1S/C15H14N2OS2/c1-8(2)9-3-5-10(6-4-9)11-7-20-14-12(11)13(18)16-15(19)17-14/h3-8H,1-2H3,(H2,16,17,18,19). The fourth-order valence-corrected chi connectivity index (χ4v) is 3.47. The Morgan fingerprint density at radius 3 is 2.50 bits per heavy atom. The maximum atomic E-state index is 12.1. The summed E-state index contributed by atoms with van der Waals surface area (Å²) in [5.74, 6) is 0.503. The van der Waals surface area contributed by atoms with Crippen LogP contribution in [0.25, 0.3) is 21.3 Å². The minimum Gasteiger partial charge on any atom is -0.323 e. The summed E-state index contributed by atoms with van der Waals surface area (Å²) in [6, 6.07) is 8.36. The first-order valence-corrected chi connectivity index (χ1v) is 7.69. The zero-order valence-electron chi connectivity index (χ0n) is 11.2. The lowest BCUT2D eigenvalue weighted by atomic mass is 9.99. The molecule has 0 atom stereocenters. The topological polar surface area (TPSA) is 48.6 Å². The molecule has 0 fully saturated rings. The van der Waals surface area contributed by atoms with Crippen LogP contribution in [0, 0.1) is 4.77 Å². The number of rotatable bonds is 2. The van der Waals surface area contributed by atoms with Gasteiger partial charge in [-0.25, -0.2) is 0 Å². The van der Waals surface area contributed by atoms with Gasteiger partial charge in [-0.2, -0.15) is 0 Å². The van der Waals surface area contributed by atoms with Gasteiger partial charge in [-0.05, 0) is 29.3 Å². The molecule has 3 aromatic rings. The summed E-state index contributed by atoms with van der Waals surface area (Å²) in [6.45, 7) is 4.33. The maximum absolute atomic E-state index is 12.1. The summed E-state index contributed by atoms with van der Waals surface area (Å²) in [6.07, 6.45) is 0. The molecule has 0 aliphatic carbocycles. The van der Waals surface area contributed by atoms with Crippen LogP contribution in [0.15, 0.2) is 34.4 Å². The second kappa shape index (κ2) is 5.00. The highest BCUT2D eigenvalue weighted by Crippen LogP contribution is 2.31. The van der Waals surface area contributed by atoms with E-state index in [1.54, 1.807) is 0 Å². The zero-order valence-corrected chi connectivity index (χ0v) is 12.8. The van der Waals surface area contributed by atoms with Crippen LogP contribution in [0.3, 0.4) is 0 Å². The molecule has 102 valence electrons. The first-order chi connectivity index (χ1) is 9.56. The molecule has 0 unspecified atom stereocenters. The molecule has 2 N–H and O–H groups in total. The second-order valence-corrected chi connectivity index (χ2v) is 6.33. The highest BCUT2D eigenvalue weighted by molar-refractivity contribution is 7.71. The van der Waals surface area contributed by atoms with Gasteiger partial charge in [0.2, 0.25) is 0 Å². The van der Waals surface area contributed by atoms with Crippen LogP contribution in [0.4, 0.5) is 0 Å². The van der Waals surface area contributed by atoms with Gasteiger partial charge in [-0.1, -0.05) is 38.1 Å². The molecular weight excluding hydrogens is 288 g/mol. The molecule has 0 saturated carbocycles. The van der Waals surface area contributed by atoms with E-state index in [9.17, 15) is 4.79 Å². The predicted octanol–water partition coefficient (Wildman–Crippen LogP) is 4.44. The van der Waals surface area contributed by atoms with Crippen molar-refractivity contribution in [3.8, 4) is 11.1 Å². The zero-order chi connectivity index (χ0) is 14.3. The molecule has 0 spiro atoms. The van der Waals surface area contributed by atoms with E-state index in [1.165, 1.54) is 16.9 Å². The number of hydrogen-bond acceptors (Lipinski definition) is 3. The van der Waals surface area contributed by atoms with Crippen molar-refractivity contribution in [2.45, 2.75) is 19.8 Å².